The van der Waals surface area contributed by atoms with Gasteiger partial charge in [-0.05, 0) is 80.5 Å². The van der Waals surface area contributed by atoms with E-state index in [1.54, 1.807) is 23.5 Å². The van der Waals surface area contributed by atoms with Crippen LogP contribution in [0.15, 0.2) is 48.5 Å². The first-order chi connectivity index (χ1) is 27.0. The van der Waals surface area contributed by atoms with Gasteiger partial charge in [0.05, 0.1) is 27.6 Å². The Morgan fingerprint density at radius 3 is 2.34 bits per heavy atom. The molecule has 2 atom stereocenters. The number of thiophene rings is 1. The quantitative estimate of drug-likeness (QED) is 0.275. The number of imide groups is 2. The number of benzene rings is 2. The van der Waals surface area contributed by atoms with Crippen molar-refractivity contribution in [1.82, 2.24) is 20.0 Å². The molecule has 5 amide bonds. The maximum absolute atomic E-state index is 13.6. The van der Waals surface area contributed by atoms with Crippen LogP contribution < -0.4 is 20.0 Å². The molecule has 6 aliphatic rings. The second-order valence-corrected chi connectivity index (χ2v) is 17.6. The average molecular weight is 795 g/mol. The number of halogens is 1. The Labute approximate surface area is 334 Å². The molecule has 2 aromatic carbocycles. The zero-order valence-corrected chi connectivity index (χ0v) is 32.8. The Hall–Kier alpha value is -4.97. The number of piperidine rings is 2. The normalized spacial score (nSPS) is 24.1. The predicted molar refractivity (Wildman–Crippen MR) is 214 cm³/mol. The van der Waals surface area contributed by atoms with Crippen LogP contribution in [0, 0.1) is 12.0 Å². The third kappa shape index (κ3) is 6.39. The number of rotatable bonds is 6. The maximum atomic E-state index is 13.6. The summed E-state index contributed by atoms with van der Waals surface area (Å²) in [5.41, 5.74) is 3.24. The van der Waals surface area contributed by atoms with Crippen LogP contribution >= 0.6 is 22.9 Å². The molecule has 0 saturated carbocycles. The van der Waals surface area contributed by atoms with Gasteiger partial charge in [0.1, 0.15) is 6.04 Å². The van der Waals surface area contributed by atoms with Crippen molar-refractivity contribution < 1.29 is 24.0 Å². The fourth-order valence-corrected chi connectivity index (χ4v) is 10.8. The first-order valence-electron chi connectivity index (χ1n) is 19.4. The number of carbonyl (C=O) groups is 5. The SMILES string of the molecule is [C-]#[N+]c1ccc(N2CC3(CCN(c4ccc(C(=O)N5CCN(C6CN(c7ccc8c(c7)C(=O)N(C7CCC(=O)NC7=O)C8=O)C6)CC5)s4)CC3)C[C@@H]2C)cc1Cl. The van der Waals surface area contributed by atoms with E-state index in [0.717, 1.165) is 91.2 Å². The highest BCUT2D eigenvalue weighted by atomic mass is 35.5. The Morgan fingerprint density at radius 2 is 1.62 bits per heavy atom. The molecule has 56 heavy (non-hydrogen) atoms. The lowest BCUT2D eigenvalue weighted by atomic mass is 9.77. The highest BCUT2D eigenvalue weighted by Crippen LogP contribution is 2.47. The van der Waals surface area contributed by atoms with Gasteiger partial charge in [0.25, 0.3) is 17.7 Å². The molecule has 13 nitrogen and oxygen atoms in total. The van der Waals surface area contributed by atoms with Gasteiger partial charge in [0.2, 0.25) is 17.5 Å². The fraction of sp³-hybridized carbons (Fsp3) is 0.463. The molecule has 6 aliphatic heterocycles. The summed E-state index contributed by atoms with van der Waals surface area (Å²) in [5.74, 6) is -1.92. The molecule has 1 spiro atoms. The number of hydrogen-bond acceptors (Lipinski definition) is 10. The zero-order valence-electron chi connectivity index (χ0n) is 31.2. The summed E-state index contributed by atoms with van der Waals surface area (Å²) in [5, 5.41) is 3.90. The van der Waals surface area contributed by atoms with E-state index in [1.165, 1.54) is 0 Å². The molecule has 1 N–H and O–H groups in total. The van der Waals surface area contributed by atoms with Crippen LogP contribution in [0.3, 0.4) is 0 Å². The van der Waals surface area contributed by atoms with Crippen molar-refractivity contribution in [2.24, 2.45) is 5.41 Å². The minimum Gasteiger partial charge on any atom is -0.368 e. The molecule has 5 saturated heterocycles. The van der Waals surface area contributed by atoms with Gasteiger partial charge in [0, 0.05) is 93.8 Å². The van der Waals surface area contributed by atoms with Crippen LogP contribution in [0.5, 0.6) is 0 Å². The fourth-order valence-electron chi connectivity index (χ4n) is 9.60. The molecule has 5 fully saturated rings. The number of hydrogen-bond donors (Lipinski definition) is 1. The second kappa shape index (κ2) is 14.2. The summed E-state index contributed by atoms with van der Waals surface area (Å²) in [6.07, 6.45) is 3.53. The molecule has 7 heterocycles. The summed E-state index contributed by atoms with van der Waals surface area (Å²) in [6, 6.07) is 14.9. The highest BCUT2D eigenvalue weighted by Gasteiger charge is 2.46. The van der Waals surface area contributed by atoms with Crippen LogP contribution in [-0.2, 0) is 9.59 Å². The van der Waals surface area contributed by atoms with E-state index in [0.29, 0.717) is 35.9 Å². The monoisotopic (exact) mass is 794 g/mol. The molecule has 1 aromatic heterocycles. The smallest absolute Gasteiger partial charge is 0.264 e. The molecular formula is C41H43ClN8O5S. The third-order valence-electron chi connectivity index (χ3n) is 12.9. The summed E-state index contributed by atoms with van der Waals surface area (Å²) in [6.45, 7) is 17.0. The topological polar surface area (TPSA) is 121 Å². The van der Waals surface area contributed by atoms with Crippen LogP contribution in [0.25, 0.3) is 4.85 Å². The second-order valence-electron chi connectivity index (χ2n) is 16.1. The van der Waals surface area contributed by atoms with Gasteiger partial charge < -0.3 is 19.6 Å². The van der Waals surface area contributed by atoms with Gasteiger partial charge in [-0.25, -0.2) is 4.85 Å². The minimum atomic E-state index is -0.981. The summed E-state index contributed by atoms with van der Waals surface area (Å²) < 4.78 is 0. The standard InChI is InChI=1S/C41H43ClN8O5S/c1-25-21-41(24-49(25)27-4-6-32(43-2)31(42)20-27)11-13-46(14-12-41)36-10-8-34(56-36)40(55)47-17-15-45(16-18-47)28-22-48(23-28)26-3-5-29-30(19-26)39(54)50(38(29)53)33-7-9-35(51)44-37(33)52/h3-6,8,10,19-20,25,28,33H,7,9,11-18,21-24H2,1H3,(H,44,51,52)/t25-,33?/m0/s1. The Bertz CT molecular complexity index is 2180. The third-order valence-corrected chi connectivity index (χ3v) is 14.3. The van der Waals surface area contributed by atoms with E-state index in [1.807, 2.05) is 35.2 Å². The number of piperazine rings is 1. The molecule has 0 aliphatic carbocycles. The largest absolute Gasteiger partial charge is 0.368 e. The number of anilines is 3. The van der Waals surface area contributed by atoms with E-state index in [2.05, 4.69) is 42.8 Å². The van der Waals surface area contributed by atoms with Crippen molar-refractivity contribution in [3.8, 4) is 0 Å². The summed E-state index contributed by atoms with van der Waals surface area (Å²) in [4.78, 5) is 80.8. The molecule has 290 valence electrons. The molecular weight excluding hydrogens is 752 g/mol. The Morgan fingerprint density at radius 1 is 0.893 bits per heavy atom. The first kappa shape index (κ1) is 36.7. The lowest BCUT2D eigenvalue weighted by molar-refractivity contribution is -0.136. The van der Waals surface area contributed by atoms with E-state index >= 15 is 0 Å². The van der Waals surface area contributed by atoms with Gasteiger partial charge in [0.15, 0.2) is 0 Å². The van der Waals surface area contributed by atoms with Crippen molar-refractivity contribution >= 4 is 74.5 Å². The molecule has 1 unspecified atom stereocenters. The van der Waals surface area contributed by atoms with Crippen molar-refractivity contribution in [2.45, 2.75) is 57.2 Å². The average Bonchev–Trinajstić information content (AvgIpc) is 3.86. The predicted octanol–water partition coefficient (Wildman–Crippen LogP) is 4.89. The Kier molecular flexibility index (Phi) is 9.29. The Balaban J connectivity index is 0.747. The number of fused-ring (bicyclic) bond motifs is 1. The van der Waals surface area contributed by atoms with Crippen LogP contribution in [0.2, 0.25) is 5.02 Å². The highest BCUT2D eigenvalue weighted by molar-refractivity contribution is 7.18. The van der Waals surface area contributed by atoms with Crippen molar-refractivity contribution in [3.63, 3.8) is 0 Å². The van der Waals surface area contributed by atoms with Crippen molar-refractivity contribution in [3.05, 3.63) is 81.0 Å². The van der Waals surface area contributed by atoms with Gasteiger partial charge >= 0.3 is 0 Å². The summed E-state index contributed by atoms with van der Waals surface area (Å²) in [7, 11) is 0. The zero-order chi connectivity index (χ0) is 38.9. The van der Waals surface area contributed by atoms with Crippen molar-refractivity contribution in [1.29, 1.82) is 0 Å². The number of nitrogens with zero attached hydrogens (tertiary/aromatic N) is 7. The lowest BCUT2D eigenvalue weighted by Gasteiger charge is -2.49. The van der Waals surface area contributed by atoms with E-state index in [9.17, 15) is 24.0 Å². The van der Waals surface area contributed by atoms with Gasteiger partial charge in [-0.1, -0.05) is 17.7 Å². The molecule has 9 rings (SSSR count). The molecule has 0 radical (unpaired) electrons. The van der Waals surface area contributed by atoms with E-state index in [4.69, 9.17) is 18.2 Å². The number of amides is 5. The number of carbonyl (C=O) groups excluding carboxylic acids is 5. The van der Waals surface area contributed by atoms with E-state index < -0.39 is 29.7 Å². The van der Waals surface area contributed by atoms with E-state index in [-0.39, 0.29) is 35.3 Å². The first-order valence-corrected chi connectivity index (χ1v) is 20.6. The summed E-state index contributed by atoms with van der Waals surface area (Å²) >= 11 is 7.98. The lowest BCUT2D eigenvalue weighted by Crippen LogP contribution is -2.63. The van der Waals surface area contributed by atoms with Crippen LogP contribution in [0.1, 0.15) is 69.4 Å². The van der Waals surface area contributed by atoms with Gasteiger partial charge in [-0.15, -0.1) is 11.3 Å². The van der Waals surface area contributed by atoms with Gasteiger partial charge in [-0.2, -0.15) is 0 Å². The number of nitrogens with one attached hydrogen (secondary N) is 1. The molecule has 15 heteroatoms. The van der Waals surface area contributed by atoms with Crippen LogP contribution in [-0.4, -0.2) is 121 Å². The molecule has 0 bridgehead atoms. The maximum Gasteiger partial charge on any atom is 0.264 e. The molecule has 3 aromatic rings. The van der Waals surface area contributed by atoms with Crippen LogP contribution in [0.4, 0.5) is 22.1 Å². The van der Waals surface area contributed by atoms with Crippen molar-refractivity contribution in [2.75, 3.05) is 73.6 Å². The minimum absolute atomic E-state index is 0.0857. The van der Waals surface area contributed by atoms with Gasteiger partial charge in [-0.3, -0.25) is 39.1 Å².